The molecule has 23 heavy (non-hydrogen) atoms. The van der Waals surface area contributed by atoms with E-state index in [2.05, 4.69) is 41.5 Å². The number of anilines is 1. The van der Waals surface area contributed by atoms with Gasteiger partial charge in [0.05, 0.1) is 12.2 Å². The second-order valence-electron chi connectivity index (χ2n) is 5.53. The number of nitrogens with zero attached hydrogens (tertiary/aromatic N) is 3. The molecule has 0 atom stereocenters. The van der Waals surface area contributed by atoms with E-state index < -0.39 is 0 Å². The van der Waals surface area contributed by atoms with Crippen LogP contribution in [0.4, 0.5) is 5.69 Å². The Morgan fingerprint density at radius 3 is 2.48 bits per heavy atom. The summed E-state index contributed by atoms with van der Waals surface area (Å²) in [7, 11) is 1.93. The summed E-state index contributed by atoms with van der Waals surface area (Å²) in [4.78, 5) is 0. The fourth-order valence-corrected chi connectivity index (χ4v) is 2.41. The van der Waals surface area contributed by atoms with Crippen molar-refractivity contribution in [2.45, 2.75) is 20.4 Å². The van der Waals surface area contributed by atoms with Crippen molar-refractivity contribution in [2.75, 3.05) is 5.32 Å². The maximum Gasteiger partial charge on any atom is 0.151 e. The Labute approximate surface area is 135 Å². The van der Waals surface area contributed by atoms with Crippen molar-refractivity contribution in [3.8, 4) is 11.5 Å². The first-order chi connectivity index (χ1) is 11.1. The third-order valence-electron chi connectivity index (χ3n) is 3.75. The number of ether oxygens (including phenoxy) is 1. The van der Waals surface area contributed by atoms with Crippen LogP contribution in [0.1, 0.15) is 17.0 Å². The van der Waals surface area contributed by atoms with Gasteiger partial charge in [-0.15, -0.1) is 10.2 Å². The van der Waals surface area contributed by atoms with E-state index in [1.807, 2.05) is 41.9 Å². The molecule has 3 rings (SSSR count). The second-order valence-corrected chi connectivity index (χ2v) is 5.53. The van der Waals surface area contributed by atoms with E-state index in [1.165, 1.54) is 0 Å². The van der Waals surface area contributed by atoms with E-state index in [0.29, 0.717) is 6.54 Å². The van der Waals surface area contributed by atoms with Crippen LogP contribution in [0.3, 0.4) is 0 Å². The molecule has 0 saturated heterocycles. The lowest BCUT2D eigenvalue weighted by atomic mass is 10.1. The Kier molecular flexibility index (Phi) is 4.28. The molecule has 2 aromatic carbocycles. The highest BCUT2D eigenvalue weighted by Crippen LogP contribution is 2.33. The van der Waals surface area contributed by atoms with Gasteiger partial charge in [-0.3, -0.25) is 0 Å². The van der Waals surface area contributed by atoms with Crippen LogP contribution in [0, 0.1) is 13.8 Å². The first kappa shape index (κ1) is 15.1. The van der Waals surface area contributed by atoms with E-state index in [4.69, 9.17) is 4.74 Å². The molecule has 0 fully saturated rings. The second kappa shape index (κ2) is 6.52. The predicted molar refractivity (Wildman–Crippen MR) is 90.8 cm³/mol. The van der Waals surface area contributed by atoms with Gasteiger partial charge in [0.2, 0.25) is 0 Å². The number of para-hydroxylation sites is 3. The van der Waals surface area contributed by atoms with Crippen molar-refractivity contribution in [1.82, 2.24) is 14.8 Å². The van der Waals surface area contributed by atoms with E-state index in [-0.39, 0.29) is 0 Å². The number of hydrogen-bond acceptors (Lipinski definition) is 4. The van der Waals surface area contributed by atoms with Gasteiger partial charge in [-0.25, -0.2) is 0 Å². The van der Waals surface area contributed by atoms with Crippen LogP contribution in [0.2, 0.25) is 0 Å². The molecule has 0 radical (unpaired) electrons. The molecule has 0 aliphatic heterocycles. The molecule has 0 unspecified atom stereocenters. The van der Waals surface area contributed by atoms with Crippen molar-refractivity contribution in [2.24, 2.45) is 7.05 Å². The van der Waals surface area contributed by atoms with Crippen LogP contribution in [0.15, 0.2) is 48.8 Å². The standard InChI is InChI=1S/C18H20N4O/c1-13-7-6-8-14(2)18(13)23-16-10-5-4-9-15(16)19-11-17-21-20-12-22(17)3/h4-10,12,19H,11H2,1-3H3. The lowest BCUT2D eigenvalue weighted by Gasteiger charge is -2.15. The topological polar surface area (TPSA) is 52.0 Å². The normalized spacial score (nSPS) is 10.6. The summed E-state index contributed by atoms with van der Waals surface area (Å²) in [5.74, 6) is 2.57. The van der Waals surface area contributed by atoms with Crippen molar-refractivity contribution in [3.63, 3.8) is 0 Å². The first-order valence-corrected chi connectivity index (χ1v) is 7.55. The summed E-state index contributed by atoms with van der Waals surface area (Å²) in [6.07, 6.45) is 1.69. The van der Waals surface area contributed by atoms with Gasteiger partial charge < -0.3 is 14.6 Å². The van der Waals surface area contributed by atoms with Gasteiger partial charge in [0.1, 0.15) is 12.1 Å². The van der Waals surface area contributed by atoms with Crippen molar-refractivity contribution in [1.29, 1.82) is 0 Å². The molecule has 0 spiro atoms. The average molecular weight is 308 g/mol. The monoisotopic (exact) mass is 308 g/mol. The van der Waals surface area contributed by atoms with Crippen molar-refractivity contribution in [3.05, 3.63) is 65.7 Å². The average Bonchev–Trinajstić information content (AvgIpc) is 2.95. The summed E-state index contributed by atoms with van der Waals surface area (Å²) in [6, 6.07) is 14.1. The van der Waals surface area contributed by atoms with Gasteiger partial charge in [0, 0.05) is 7.05 Å². The molecule has 1 N–H and O–H groups in total. The smallest absolute Gasteiger partial charge is 0.151 e. The first-order valence-electron chi connectivity index (χ1n) is 7.55. The summed E-state index contributed by atoms with van der Waals surface area (Å²) in [5, 5.41) is 11.3. The predicted octanol–water partition coefficient (Wildman–Crippen LogP) is 3.84. The Morgan fingerprint density at radius 1 is 1.04 bits per heavy atom. The maximum atomic E-state index is 6.17. The van der Waals surface area contributed by atoms with E-state index in [9.17, 15) is 0 Å². The molecular weight excluding hydrogens is 288 g/mol. The van der Waals surface area contributed by atoms with Gasteiger partial charge >= 0.3 is 0 Å². The van der Waals surface area contributed by atoms with Gasteiger partial charge in [-0.05, 0) is 37.1 Å². The summed E-state index contributed by atoms with van der Waals surface area (Å²) in [5.41, 5.74) is 3.17. The highest BCUT2D eigenvalue weighted by molar-refractivity contribution is 5.58. The highest BCUT2D eigenvalue weighted by atomic mass is 16.5. The zero-order chi connectivity index (χ0) is 16.2. The number of aryl methyl sites for hydroxylation is 3. The summed E-state index contributed by atoms with van der Waals surface area (Å²) in [6.45, 7) is 4.69. The molecular formula is C18H20N4O. The highest BCUT2D eigenvalue weighted by Gasteiger charge is 2.09. The van der Waals surface area contributed by atoms with Gasteiger partial charge in [-0.2, -0.15) is 0 Å². The summed E-state index contributed by atoms with van der Waals surface area (Å²) < 4.78 is 8.06. The molecule has 0 aliphatic rings. The van der Waals surface area contributed by atoms with E-state index >= 15 is 0 Å². The molecule has 5 nitrogen and oxygen atoms in total. The Morgan fingerprint density at radius 2 is 1.78 bits per heavy atom. The van der Waals surface area contributed by atoms with Crippen LogP contribution in [0.5, 0.6) is 11.5 Å². The summed E-state index contributed by atoms with van der Waals surface area (Å²) >= 11 is 0. The molecule has 0 aliphatic carbocycles. The van der Waals surface area contributed by atoms with Crippen LogP contribution in [0.25, 0.3) is 0 Å². The zero-order valence-electron chi connectivity index (χ0n) is 13.6. The van der Waals surface area contributed by atoms with Crippen LogP contribution in [-0.2, 0) is 13.6 Å². The number of benzene rings is 2. The Hall–Kier alpha value is -2.82. The number of aromatic nitrogens is 3. The van der Waals surface area contributed by atoms with Crippen LogP contribution in [-0.4, -0.2) is 14.8 Å². The minimum Gasteiger partial charge on any atom is -0.455 e. The zero-order valence-corrected chi connectivity index (χ0v) is 13.6. The molecule has 1 aromatic heterocycles. The number of rotatable bonds is 5. The van der Waals surface area contributed by atoms with E-state index in [0.717, 1.165) is 34.1 Å². The molecule has 118 valence electrons. The molecule has 0 bridgehead atoms. The van der Waals surface area contributed by atoms with Gasteiger partial charge in [-0.1, -0.05) is 30.3 Å². The fraction of sp³-hybridized carbons (Fsp3) is 0.222. The molecule has 0 amide bonds. The van der Waals surface area contributed by atoms with Crippen LogP contribution < -0.4 is 10.1 Å². The minimum atomic E-state index is 0.587. The molecule has 0 saturated carbocycles. The quantitative estimate of drug-likeness (QED) is 0.778. The van der Waals surface area contributed by atoms with Crippen molar-refractivity contribution >= 4 is 5.69 Å². The number of hydrogen-bond donors (Lipinski definition) is 1. The van der Waals surface area contributed by atoms with Crippen LogP contribution >= 0.6 is 0 Å². The third kappa shape index (κ3) is 3.34. The Balaban J connectivity index is 1.82. The minimum absolute atomic E-state index is 0.587. The van der Waals surface area contributed by atoms with Gasteiger partial charge in [0.25, 0.3) is 0 Å². The maximum absolute atomic E-state index is 6.17. The molecule has 5 heteroatoms. The van der Waals surface area contributed by atoms with E-state index in [1.54, 1.807) is 6.33 Å². The lowest BCUT2D eigenvalue weighted by molar-refractivity contribution is 0.476. The lowest BCUT2D eigenvalue weighted by Crippen LogP contribution is -2.06. The number of nitrogens with one attached hydrogen (secondary N) is 1. The molecule has 3 aromatic rings. The SMILES string of the molecule is Cc1cccc(C)c1Oc1ccccc1NCc1nncn1C. The van der Waals surface area contributed by atoms with Crippen molar-refractivity contribution < 1.29 is 4.74 Å². The molecule has 1 heterocycles. The third-order valence-corrected chi connectivity index (χ3v) is 3.75. The van der Waals surface area contributed by atoms with Gasteiger partial charge in [0.15, 0.2) is 11.6 Å². The Bertz CT molecular complexity index is 790. The fourth-order valence-electron chi connectivity index (χ4n) is 2.41. The largest absolute Gasteiger partial charge is 0.455 e.